The fourth-order valence-corrected chi connectivity index (χ4v) is 11.5. The Labute approximate surface area is 534 Å². The van der Waals surface area contributed by atoms with Crippen molar-refractivity contribution in [3.63, 3.8) is 0 Å². The molecule has 1 saturated heterocycles. The van der Waals surface area contributed by atoms with Crippen LogP contribution in [0.4, 0.5) is 0 Å². The molecule has 1 fully saturated rings. The molecule has 23 heteroatoms. The average Bonchev–Trinajstić information content (AvgIpc) is 1.46. The van der Waals surface area contributed by atoms with E-state index in [1.165, 1.54) is 92.6 Å². The van der Waals surface area contributed by atoms with Gasteiger partial charge in [-0.25, -0.2) is 0 Å². The normalized spacial score (nSPS) is 27.1. The highest BCUT2D eigenvalue weighted by Crippen LogP contribution is 2.26. The molecule has 23 nitrogen and oxygen atoms in total. The van der Waals surface area contributed by atoms with Crippen LogP contribution in [0.5, 0.6) is 0 Å². The lowest BCUT2D eigenvalue weighted by molar-refractivity contribution is -0.157. The minimum atomic E-state index is -1.62. The molecule has 1 heterocycles. The highest BCUT2D eigenvalue weighted by atomic mass is 16.3. The minimum absolute atomic E-state index is 0.0173. The van der Waals surface area contributed by atoms with Crippen molar-refractivity contribution in [3.05, 3.63) is 12.2 Å². The third-order valence-corrected chi connectivity index (χ3v) is 17.1. The van der Waals surface area contributed by atoms with Crippen LogP contribution in [0, 0.1) is 47.3 Å². The lowest BCUT2D eigenvalue weighted by Gasteiger charge is -2.41. The van der Waals surface area contributed by atoms with Gasteiger partial charge in [-0.15, -0.1) is 0 Å². The molecule has 5 N–H and O–H groups in total. The molecule has 1 rings (SSSR count). The first-order valence-corrected chi connectivity index (χ1v) is 32.4. The second-order valence-electron chi connectivity index (χ2n) is 27.9. The molecule has 13 unspecified atom stereocenters. The van der Waals surface area contributed by atoms with Gasteiger partial charge in [0, 0.05) is 49.3 Å². The summed E-state index contributed by atoms with van der Waals surface area (Å²) in [6.07, 6.45) is 3.17. The lowest BCUT2D eigenvalue weighted by atomic mass is 9.91. The van der Waals surface area contributed by atoms with Crippen molar-refractivity contribution in [1.29, 1.82) is 0 Å². The van der Waals surface area contributed by atoms with E-state index < -0.39 is 155 Å². The fraction of sp³-hybridized carbons (Fsp3) is 0.803. The quantitative estimate of drug-likeness (QED) is 0.124. The van der Waals surface area contributed by atoms with Gasteiger partial charge in [-0.2, -0.15) is 0 Å². The number of nitrogens with one attached hydrogen (secondary N) is 4. The standard InChI is InChI=1S/C66H119N11O12/c1-27-29-30-43(17)55(78)54-59(82)69-46(28-2)61(84)74(23)50(34-39(9)10)62(85)71(20)48(32-37(5)6)58(81)70-52(41(13)14)65(88)72(21)47(31-36(3)4)57(80)67-44(18)56(79)68-45(19)60(83)73(22)49(33-38(7)8)63(86)75(24)51(35-40(11)12)64(87)76(25)53(42(15)16)66(89)77(54)26/h27,29,36-55,78H,28,30-35H2,1-26H3,(H,67,80)(H,68,79)(H,69,82)(H,70,81)/b29-27+. The number of carbonyl (C=O) groups excluding carboxylic acids is 11. The zero-order valence-electron chi connectivity index (χ0n) is 59.2. The number of hydrogen-bond acceptors (Lipinski definition) is 12. The van der Waals surface area contributed by atoms with Crippen LogP contribution in [-0.4, -0.2) is 226 Å². The summed E-state index contributed by atoms with van der Waals surface area (Å²) in [5.41, 5.74) is 0. The van der Waals surface area contributed by atoms with E-state index >= 15 is 24.0 Å². The summed E-state index contributed by atoms with van der Waals surface area (Å²) in [6.45, 7) is 33.8. The molecular weight excluding hydrogens is 1140 g/mol. The van der Waals surface area contributed by atoms with E-state index in [0.717, 1.165) is 4.90 Å². The van der Waals surface area contributed by atoms with Crippen LogP contribution in [0.25, 0.3) is 0 Å². The molecule has 0 saturated carbocycles. The van der Waals surface area contributed by atoms with Crippen LogP contribution in [0.1, 0.15) is 176 Å². The molecule has 89 heavy (non-hydrogen) atoms. The van der Waals surface area contributed by atoms with Gasteiger partial charge >= 0.3 is 0 Å². The van der Waals surface area contributed by atoms with E-state index in [-0.39, 0.29) is 68.1 Å². The van der Waals surface area contributed by atoms with Gasteiger partial charge < -0.3 is 60.7 Å². The maximum atomic E-state index is 15.3. The molecule has 0 aromatic heterocycles. The predicted octanol–water partition coefficient (Wildman–Crippen LogP) is 4.68. The van der Waals surface area contributed by atoms with E-state index in [4.69, 9.17) is 0 Å². The Morgan fingerprint density at radius 3 is 1.13 bits per heavy atom. The van der Waals surface area contributed by atoms with Crippen LogP contribution in [0.2, 0.25) is 0 Å². The van der Waals surface area contributed by atoms with Crippen molar-refractivity contribution >= 4 is 65.0 Å². The maximum Gasteiger partial charge on any atom is 0.246 e. The van der Waals surface area contributed by atoms with E-state index in [2.05, 4.69) is 21.3 Å². The number of amides is 11. The summed E-state index contributed by atoms with van der Waals surface area (Å²) in [5, 5.41) is 23.4. The van der Waals surface area contributed by atoms with Crippen molar-refractivity contribution in [3.8, 4) is 0 Å². The van der Waals surface area contributed by atoms with Crippen LogP contribution in [0.15, 0.2) is 12.2 Å². The number of carbonyl (C=O) groups is 11. The van der Waals surface area contributed by atoms with Crippen LogP contribution >= 0.6 is 0 Å². The van der Waals surface area contributed by atoms with Crippen molar-refractivity contribution in [2.24, 2.45) is 47.3 Å². The molecule has 0 radical (unpaired) electrons. The number of aliphatic hydroxyl groups excluding tert-OH is 1. The summed E-state index contributed by atoms with van der Waals surface area (Å²) in [5.74, 6) is -9.83. The molecule has 1 aliphatic rings. The minimum Gasteiger partial charge on any atom is -0.390 e. The molecule has 0 bridgehead atoms. The van der Waals surface area contributed by atoms with Gasteiger partial charge in [0.25, 0.3) is 0 Å². The molecule has 0 aromatic rings. The summed E-state index contributed by atoms with van der Waals surface area (Å²) in [7, 11) is 10.1. The first kappa shape index (κ1) is 80.9. The second kappa shape index (κ2) is 36.6. The van der Waals surface area contributed by atoms with Crippen molar-refractivity contribution in [2.75, 3.05) is 49.3 Å². The highest BCUT2D eigenvalue weighted by Gasteiger charge is 2.46. The topological polar surface area (TPSA) is 279 Å². The highest BCUT2D eigenvalue weighted by molar-refractivity contribution is 6.00. The summed E-state index contributed by atoms with van der Waals surface area (Å²) in [6, 6.07) is -13.6. The largest absolute Gasteiger partial charge is 0.390 e. The van der Waals surface area contributed by atoms with E-state index in [9.17, 15) is 33.9 Å². The smallest absolute Gasteiger partial charge is 0.246 e. The van der Waals surface area contributed by atoms with Crippen molar-refractivity contribution < 1.29 is 57.8 Å². The summed E-state index contributed by atoms with van der Waals surface area (Å²) in [4.78, 5) is 172. The molecule has 13 atom stereocenters. The van der Waals surface area contributed by atoms with Crippen LogP contribution in [0.3, 0.4) is 0 Å². The molecule has 0 aromatic carbocycles. The molecule has 0 spiro atoms. The Kier molecular flexibility index (Phi) is 33.3. The number of aliphatic hydroxyl groups is 1. The number of rotatable bonds is 17. The maximum absolute atomic E-state index is 15.3. The third kappa shape index (κ3) is 22.6. The zero-order valence-corrected chi connectivity index (χ0v) is 59.2. The van der Waals surface area contributed by atoms with Gasteiger partial charge in [-0.05, 0) is 113 Å². The molecule has 0 aliphatic carbocycles. The van der Waals surface area contributed by atoms with Gasteiger partial charge in [0.15, 0.2) is 0 Å². The van der Waals surface area contributed by atoms with Gasteiger partial charge in [0.2, 0.25) is 65.0 Å². The summed E-state index contributed by atoms with van der Waals surface area (Å²) >= 11 is 0. The van der Waals surface area contributed by atoms with Crippen molar-refractivity contribution in [1.82, 2.24) is 55.6 Å². The molecule has 11 amide bonds. The Morgan fingerprint density at radius 2 is 0.742 bits per heavy atom. The molecule has 510 valence electrons. The monoisotopic (exact) mass is 1260 g/mol. The number of likely N-dealkylation sites (N-methyl/N-ethyl adjacent to an activating group) is 7. The van der Waals surface area contributed by atoms with Crippen molar-refractivity contribution in [2.45, 2.75) is 249 Å². The van der Waals surface area contributed by atoms with Gasteiger partial charge in [0.1, 0.15) is 66.5 Å². The Hall–Kier alpha value is -6.13. The predicted molar refractivity (Wildman–Crippen MR) is 347 cm³/mol. The zero-order chi connectivity index (χ0) is 69.1. The van der Waals surface area contributed by atoms with E-state index in [1.807, 2.05) is 82.2 Å². The fourth-order valence-electron chi connectivity index (χ4n) is 11.5. The third-order valence-electron chi connectivity index (χ3n) is 17.1. The number of nitrogens with zero attached hydrogens (tertiary/aromatic N) is 7. The Bertz CT molecular complexity index is 2430. The number of hydrogen-bond donors (Lipinski definition) is 5. The average molecular weight is 1260 g/mol. The second-order valence-corrected chi connectivity index (χ2v) is 27.9. The van der Waals surface area contributed by atoms with Gasteiger partial charge in [0.05, 0.1) is 6.10 Å². The first-order valence-electron chi connectivity index (χ1n) is 32.4. The van der Waals surface area contributed by atoms with E-state index in [0.29, 0.717) is 6.42 Å². The molecule has 1 aliphatic heterocycles. The Balaban J connectivity index is 4.48. The lowest BCUT2D eigenvalue weighted by Crippen LogP contribution is -2.64. The SMILES string of the molecule is C/C=C/CC(C)C(O)C1C(=O)NC(CC)C(=O)N(C)C(CC(C)C)C(=O)N(C)C(CC(C)C)C(=O)NC(C(C)C)C(=O)N(C)C(CC(C)C)C(=O)NC(C)C(=O)NC(C)C(=O)N(C)C(CC(C)C)C(=O)N(C)C(CC(C)C)C(=O)N(C)C(C(C)C)C(=O)N1C. The Morgan fingerprint density at radius 1 is 0.393 bits per heavy atom. The molecular formula is C66H119N11O12. The first-order chi connectivity index (χ1) is 41.0. The van der Waals surface area contributed by atoms with Crippen LogP contribution in [-0.2, 0) is 52.7 Å². The van der Waals surface area contributed by atoms with Crippen LogP contribution < -0.4 is 21.3 Å². The van der Waals surface area contributed by atoms with Gasteiger partial charge in [-0.1, -0.05) is 123 Å². The summed E-state index contributed by atoms with van der Waals surface area (Å²) < 4.78 is 0. The van der Waals surface area contributed by atoms with Gasteiger partial charge in [-0.3, -0.25) is 52.7 Å². The number of allylic oxidation sites excluding steroid dienone is 2. The van der Waals surface area contributed by atoms with E-state index in [1.54, 1.807) is 47.6 Å².